The van der Waals surface area contributed by atoms with Gasteiger partial charge in [-0.2, -0.15) is 0 Å². The maximum atomic E-state index is 12.0. The second kappa shape index (κ2) is 8.77. The van der Waals surface area contributed by atoms with Crippen molar-refractivity contribution in [2.75, 3.05) is 27.3 Å². The average Bonchev–Trinajstić information content (AvgIpc) is 3.06. The third-order valence-corrected chi connectivity index (χ3v) is 4.34. The number of methoxy groups -OCH3 is 2. The first-order valence-corrected chi connectivity index (χ1v) is 8.33. The van der Waals surface area contributed by atoms with Gasteiger partial charge in [-0.05, 0) is 62.9 Å². The fourth-order valence-corrected chi connectivity index (χ4v) is 3.06. The molecule has 128 valence electrons. The zero-order chi connectivity index (χ0) is 16.7. The van der Waals surface area contributed by atoms with Crippen LogP contribution in [-0.4, -0.2) is 39.3 Å². The van der Waals surface area contributed by atoms with E-state index in [0.29, 0.717) is 12.3 Å². The van der Waals surface area contributed by atoms with Crippen molar-refractivity contribution >= 4 is 5.91 Å². The number of hydrogen-bond donors (Lipinski definition) is 2. The largest absolute Gasteiger partial charge is 0.493 e. The summed E-state index contributed by atoms with van der Waals surface area (Å²) in [6.45, 7) is 4.17. The highest BCUT2D eigenvalue weighted by atomic mass is 16.5. The molecule has 0 bridgehead atoms. The Morgan fingerprint density at radius 1 is 1.35 bits per heavy atom. The molecule has 0 aliphatic carbocycles. The highest BCUT2D eigenvalue weighted by molar-refractivity contribution is 5.76. The van der Waals surface area contributed by atoms with Crippen molar-refractivity contribution < 1.29 is 14.3 Å². The first kappa shape index (κ1) is 17.6. The van der Waals surface area contributed by atoms with Crippen LogP contribution in [0, 0.1) is 5.92 Å². The van der Waals surface area contributed by atoms with Crippen LogP contribution < -0.4 is 20.1 Å². The summed E-state index contributed by atoms with van der Waals surface area (Å²) < 4.78 is 10.6. The third-order valence-electron chi connectivity index (χ3n) is 4.34. The van der Waals surface area contributed by atoms with E-state index in [0.717, 1.165) is 43.0 Å². The van der Waals surface area contributed by atoms with Crippen LogP contribution in [-0.2, 0) is 11.2 Å². The molecule has 1 aliphatic rings. The second-order valence-corrected chi connectivity index (χ2v) is 6.26. The molecule has 1 aromatic carbocycles. The smallest absolute Gasteiger partial charge is 0.220 e. The normalized spacial score (nSPS) is 18.5. The van der Waals surface area contributed by atoms with Crippen LogP contribution in [0.5, 0.6) is 11.5 Å². The average molecular weight is 320 g/mol. The fraction of sp³-hybridized carbons (Fsp3) is 0.611. The molecule has 5 heteroatoms. The number of hydrogen-bond acceptors (Lipinski definition) is 4. The Bertz CT molecular complexity index is 513. The molecule has 5 nitrogen and oxygen atoms in total. The molecule has 1 amide bonds. The van der Waals surface area contributed by atoms with Gasteiger partial charge in [-0.3, -0.25) is 4.79 Å². The quantitative estimate of drug-likeness (QED) is 0.770. The SMILES string of the molecule is COc1ccc(CC(C)NC(=O)CCC2CCNC2)cc1OC. The van der Waals surface area contributed by atoms with Crippen LogP contribution in [0.1, 0.15) is 31.7 Å². The monoisotopic (exact) mass is 320 g/mol. The predicted octanol–water partition coefficient (Wildman–Crippen LogP) is 2.14. The highest BCUT2D eigenvalue weighted by Crippen LogP contribution is 2.28. The fourth-order valence-electron chi connectivity index (χ4n) is 3.06. The number of carbonyl (C=O) groups is 1. The molecule has 0 spiro atoms. The molecule has 1 aromatic rings. The molecule has 0 saturated carbocycles. The lowest BCUT2D eigenvalue weighted by Gasteiger charge is -2.16. The molecule has 1 heterocycles. The van der Waals surface area contributed by atoms with Crippen LogP contribution in [0.15, 0.2) is 18.2 Å². The number of ether oxygens (including phenoxy) is 2. The van der Waals surface area contributed by atoms with Crippen molar-refractivity contribution in [2.24, 2.45) is 5.92 Å². The van der Waals surface area contributed by atoms with Crippen LogP contribution in [0.2, 0.25) is 0 Å². The van der Waals surface area contributed by atoms with Gasteiger partial charge in [-0.25, -0.2) is 0 Å². The van der Waals surface area contributed by atoms with E-state index < -0.39 is 0 Å². The third kappa shape index (κ3) is 5.43. The summed E-state index contributed by atoms with van der Waals surface area (Å²) in [6.07, 6.45) is 3.55. The standard InChI is InChI=1S/C18H28N2O3/c1-13(20-18(21)7-5-14-8-9-19-12-14)10-15-4-6-16(22-2)17(11-15)23-3/h4,6,11,13-14,19H,5,7-10,12H2,1-3H3,(H,20,21). The van der Waals surface area contributed by atoms with Crippen molar-refractivity contribution in [1.82, 2.24) is 10.6 Å². The van der Waals surface area contributed by atoms with Gasteiger partial charge in [0.1, 0.15) is 0 Å². The summed E-state index contributed by atoms with van der Waals surface area (Å²) in [4.78, 5) is 12.0. The van der Waals surface area contributed by atoms with Gasteiger partial charge < -0.3 is 20.1 Å². The zero-order valence-electron chi connectivity index (χ0n) is 14.4. The van der Waals surface area contributed by atoms with Crippen LogP contribution in [0.25, 0.3) is 0 Å². The maximum Gasteiger partial charge on any atom is 0.220 e. The molecular formula is C18H28N2O3. The van der Waals surface area contributed by atoms with E-state index >= 15 is 0 Å². The van der Waals surface area contributed by atoms with Crippen molar-refractivity contribution in [1.29, 1.82) is 0 Å². The number of carbonyl (C=O) groups excluding carboxylic acids is 1. The van der Waals surface area contributed by atoms with E-state index in [-0.39, 0.29) is 11.9 Å². The Morgan fingerprint density at radius 3 is 2.78 bits per heavy atom. The van der Waals surface area contributed by atoms with E-state index in [1.807, 2.05) is 25.1 Å². The molecule has 0 aromatic heterocycles. The molecule has 2 rings (SSSR count). The van der Waals surface area contributed by atoms with Gasteiger partial charge >= 0.3 is 0 Å². The molecule has 1 fully saturated rings. The van der Waals surface area contributed by atoms with Gasteiger partial charge in [0.15, 0.2) is 11.5 Å². The van der Waals surface area contributed by atoms with E-state index in [4.69, 9.17) is 9.47 Å². The van der Waals surface area contributed by atoms with Gasteiger partial charge in [0.2, 0.25) is 5.91 Å². The van der Waals surface area contributed by atoms with E-state index in [1.54, 1.807) is 14.2 Å². The van der Waals surface area contributed by atoms with Gasteiger partial charge in [-0.15, -0.1) is 0 Å². The van der Waals surface area contributed by atoms with Gasteiger partial charge in [-0.1, -0.05) is 6.07 Å². The highest BCUT2D eigenvalue weighted by Gasteiger charge is 2.16. The number of amides is 1. The van der Waals surface area contributed by atoms with Crippen molar-refractivity contribution in [3.8, 4) is 11.5 Å². The first-order chi connectivity index (χ1) is 11.1. The lowest BCUT2D eigenvalue weighted by molar-refractivity contribution is -0.121. The Hall–Kier alpha value is -1.75. The number of benzene rings is 1. The van der Waals surface area contributed by atoms with Gasteiger partial charge in [0.25, 0.3) is 0 Å². The lowest BCUT2D eigenvalue weighted by Crippen LogP contribution is -2.34. The summed E-state index contributed by atoms with van der Waals surface area (Å²) >= 11 is 0. The Morgan fingerprint density at radius 2 is 2.13 bits per heavy atom. The minimum atomic E-state index is 0.0994. The molecule has 2 atom stereocenters. The van der Waals surface area contributed by atoms with E-state index in [2.05, 4.69) is 10.6 Å². The minimum Gasteiger partial charge on any atom is -0.493 e. The Balaban J connectivity index is 1.79. The van der Waals surface area contributed by atoms with Crippen LogP contribution >= 0.6 is 0 Å². The summed E-state index contributed by atoms with van der Waals surface area (Å²) in [5.41, 5.74) is 1.12. The number of nitrogens with one attached hydrogen (secondary N) is 2. The van der Waals surface area contributed by atoms with Crippen molar-refractivity contribution in [3.05, 3.63) is 23.8 Å². The molecular weight excluding hydrogens is 292 g/mol. The summed E-state index contributed by atoms with van der Waals surface area (Å²) in [6, 6.07) is 5.97. The summed E-state index contributed by atoms with van der Waals surface area (Å²) in [7, 11) is 3.25. The summed E-state index contributed by atoms with van der Waals surface area (Å²) in [5.74, 6) is 2.24. The molecule has 1 saturated heterocycles. The molecule has 23 heavy (non-hydrogen) atoms. The number of rotatable bonds is 8. The topological polar surface area (TPSA) is 59.6 Å². The predicted molar refractivity (Wildman–Crippen MR) is 91.1 cm³/mol. The lowest BCUT2D eigenvalue weighted by atomic mass is 10.0. The van der Waals surface area contributed by atoms with E-state index in [1.165, 1.54) is 6.42 Å². The first-order valence-electron chi connectivity index (χ1n) is 8.33. The minimum absolute atomic E-state index is 0.0994. The Labute approximate surface area is 138 Å². The molecule has 1 aliphatic heterocycles. The molecule has 0 radical (unpaired) electrons. The van der Waals surface area contributed by atoms with Crippen molar-refractivity contribution in [3.63, 3.8) is 0 Å². The van der Waals surface area contributed by atoms with E-state index in [9.17, 15) is 4.79 Å². The summed E-state index contributed by atoms with van der Waals surface area (Å²) in [5, 5.41) is 6.42. The Kier molecular flexibility index (Phi) is 6.71. The van der Waals surface area contributed by atoms with Crippen LogP contribution in [0.4, 0.5) is 0 Å². The maximum absolute atomic E-state index is 12.0. The second-order valence-electron chi connectivity index (χ2n) is 6.26. The molecule has 2 unspecified atom stereocenters. The van der Waals surface area contributed by atoms with Crippen molar-refractivity contribution in [2.45, 2.75) is 38.6 Å². The van der Waals surface area contributed by atoms with Crippen LogP contribution in [0.3, 0.4) is 0 Å². The van der Waals surface area contributed by atoms with Gasteiger partial charge in [0.05, 0.1) is 14.2 Å². The van der Waals surface area contributed by atoms with Gasteiger partial charge in [0, 0.05) is 12.5 Å². The zero-order valence-corrected chi connectivity index (χ0v) is 14.4. The molecule has 2 N–H and O–H groups in total.